The molecule has 2 N–H and O–H groups in total. The standard InChI is InChI=1S/C22H23N3O3S/c1-15-5-2-3-6-16(15)12-24-25-20(19-9-8-17(26)11-21(19)27)14-29-22(25)23-13-18-7-4-10-28-18/h2-3,5-6,8-9,11-12,14,18,26-27H,4,7,10,13H2,1H3/b23-22?,24-12+. The number of hydrogen-bond donors (Lipinski definition) is 2. The molecule has 0 bridgehead atoms. The number of hydrogen-bond acceptors (Lipinski definition) is 6. The largest absolute Gasteiger partial charge is 0.508 e. The van der Waals surface area contributed by atoms with Crippen LogP contribution in [0.4, 0.5) is 0 Å². The first-order chi connectivity index (χ1) is 14.1. The van der Waals surface area contributed by atoms with E-state index in [-0.39, 0.29) is 17.6 Å². The van der Waals surface area contributed by atoms with E-state index in [9.17, 15) is 10.2 Å². The fourth-order valence-electron chi connectivity index (χ4n) is 3.26. The van der Waals surface area contributed by atoms with Crippen LogP contribution in [0.15, 0.2) is 57.9 Å². The lowest BCUT2D eigenvalue weighted by Crippen LogP contribution is -2.17. The van der Waals surface area contributed by atoms with Gasteiger partial charge in [0.2, 0.25) is 4.80 Å². The van der Waals surface area contributed by atoms with Crippen LogP contribution in [0.2, 0.25) is 0 Å². The lowest BCUT2D eigenvalue weighted by Gasteiger charge is -2.07. The van der Waals surface area contributed by atoms with Crippen molar-refractivity contribution in [1.82, 2.24) is 4.68 Å². The Balaban J connectivity index is 1.77. The molecule has 0 amide bonds. The number of aromatic nitrogens is 1. The van der Waals surface area contributed by atoms with Gasteiger partial charge in [0, 0.05) is 23.6 Å². The van der Waals surface area contributed by atoms with Crippen LogP contribution in [0.25, 0.3) is 11.3 Å². The zero-order chi connectivity index (χ0) is 20.2. The van der Waals surface area contributed by atoms with Crippen LogP contribution in [-0.4, -0.2) is 40.4 Å². The molecule has 0 radical (unpaired) electrons. The van der Waals surface area contributed by atoms with Gasteiger partial charge in [-0.25, -0.2) is 4.68 Å². The Morgan fingerprint density at radius 2 is 2.10 bits per heavy atom. The van der Waals surface area contributed by atoms with Gasteiger partial charge in [0.25, 0.3) is 0 Å². The molecule has 0 spiro atoms. The van der Waals surface area contributed by atoms with E-state index in [1.165, 1.54) is 17.4 Å². The summed E-state index contributed by atoms with van der Waals surface area (Å²) in [6, 6.07) is 12.6. The highest BCUT2D eigenvalue weighted by Gasteiger charge is 2.16. The van der Waals surface area contributed by atoms with Gasteiger partial charge in [-0.3, -0.25) is 4.99 Å². The summed E-state index contributed by atoms with van der Waals surface area (Å²) in [4.78, 5) is 5.46. The summed E-state index contributed by atoms with van der Waals surface area (Å²) in [5.41, 5.74) is 3.43. The van der Waals surface area contributed by atoms with Crippen molar-refractivity contribution in [2.24, 2.45) is 10.1 Å². The summed E-state index contributed by atoms with van der Waals surface area (Å²) in [7, 11) is 0. The molecule has 0 aliphatic carbocycles. The first-order valence-electron chi connectivity index (χ1n) is 9.57. The highest BCUT2D eigenvalue weighted by molar-refractivity contribution is 7.07. The molecule has 1 aliphatic rings. The van der Waals surface area contributed by atoms with E-state index >= 15 is 0 Å². The molecule has 2 heterocycles. The maximum atomic E-state index is 10.3. The van der Waals surface area contributed by atoms with E-state index in [1.54, 1.807) is 23.0 Å². The summed E-state index contributed by atoms with van der Waals surface area (Å²) < 4.78 is 7.41. The third-order valence-corrected chi connectivity index (χ3v) is 5.75. The van der Waals surface area contributed by atoms with Crippen molar-refractivity contribution < 1.29 is 14.9 Å². The summed E-state index contributed by atoms with van der Waals surface area (Å²) in [6.45, 7) is 3.42. The van der Waals surface area contributed by atoms with E-state index in [0.717, 1.165) is 35.4 Å². The van der Waals surface area contributed by atoms with Crippen molar-refractivity contribution in [3.8, 4) is 22.8 Å². The molecular weight excluding hydrogens is 386 g/mol. The minimum Gasteiger partial charge on any atom is -0.508 e. The number of nitrogens with zero attached hydrogens (tertiary/aromatic N) is 3. The van der Waals surface area contributed by atoms with Gasteiger partial charge in [-0.15, -0.1) is 11.3 Å². The normalized spacial score (nSPS) is 17.4. The van der Waals surface area contributed by atoms with Crippen LogP contribution in [0.3, 0.4) is 0 Å². The minimum atomic E-state index is -0.00619. The van der Waals surface area contributed by atoms with Gasteiger partial charge in [-0.2, -0.15) is 5.10 Å². The molecule has 1 atom stereocenters. The zero-order valence-electron chi connectivity index (χ0n) is 16.2. The van der Waals surface area contributed by atoms with Crippen LogP contribution in [0, 0.1) is 6.92 Å². The number of benzene rings is 2. The number of rotatable bonds is 5. The average Bonchev–Trinajstić information content (AvgIpc) is 3.35. The SMILES string of the molecule is Cc1ccccc1/C=N/n1c(-c2ccc(O)cc2O)csc1=NCC1CCCO1. The Hall–Kier alpha value is -2.90. The number of phenols is 2. The van der Waals surface area contributed by atoms with Gasteiger partial charge in [0.15, 0.2) is 0 Å². The van der Waals surface area contributed by atoms with Gasteiger partial charge in [-0.05, 0) is 43.0 Å². The van der Waals surface area contributed by atoms with Crippen LogP contribution < -0.4 is 4.80 Å². The topological polar surface area (TPSA) is 79.3 Å². The smallest absolute Gasteiger partial charge is 0.206 e. The first-order valence-corrected chi connectivity index (χ1v) is 10.4. The maximum absolute atomic E-state index is 10.3. The molecule has 1 aliphatic heterocycles. The lowest BCUT2D eigenvalue weighted by atomic mass is 10.1. The van der Waals surface area contributed by atoms with Crippen molar-refractivity contribution in [3.05, 3.63) is 63.8 Å². The van der Waals surface area contributed by atoms with E-state index in [4.69, 9.17) is 9.73 Å². The van der Waals surface area contributed by atoms with Crippen LogP contribution in [-0.2, 0) is 4.74 Å². The highest BCUT2D eigenvalue weighted by atomic mass is 32.1. The molecule has 7 heteroatoms. The number of ether oxygens (including phenoxy) is 1. The number of aryl methyl sites for hydroxylation is 1. The monoisotopic (exact) mass is 409 g/mol. The Morgan fingerprint density at radius 3 is 2.86 bits per heavy atom. The lowest BCUT2D eigenvalue weighted by molar-refractivity contribution is 0.117. The Morgan fingerprint density at radius 1 is 1.24 bits per heavy atom. The summed E-state index contributed by atoms with van der Waals surface area (Å²) in [5, 5.41) is 26.5. The van der Waals surface area contributed by atoms with E-state index in [1.807, 2.05) is 36.6 Å². The van der Waals surface area contributed by atoms with Gasteiger partial charge in [0.05, 0.1) is 24.6 Å². The summed E-state index contributed by atoms with van der Waals surface area (Å²) in [5.74, 6) is 0.00746. The molecule has 1 aromatic heterocycles. The van der Waals surface area contributed by atoms with Gasteiger partial charge < -0.3 is 14.9 Å². The fourth-order valence-corrected chi connectivity index (χ4v) is 4.10. The third-order valence-electron chi connectivity index (χ3n) is 4.90. The summed E-state index contributed by atoms with van der Waals surface area (Å²) in [6.07, 6.45) is 4.04. The molecular formula is C22H23N3O3S. The Kier molecular flexibility index (Phi) is 5.78. The number of phenolic OH excluding ortho intramolecular Hbond substituents is 2. The molecule has 3 aromatic rings. The minimum absolute atomic E-state index is 0.00619. The predicted molar refractivity (Wildman–Crippen MR) is 115 cm³/mol. The van der Waals surface area contributed by atoms with Gasteiger partial charge in [-0.1, -0.05) is 24.3 Å². The van der Waals surface area contributed by atoms with Crippen molar-refractivity contribution >= 4 is 17.6 Å². The maximum Gasteiger partial charge on any atom is 0.206 e. The predicted octanol–water partition coefficient (Wildman–Crippen LogP) is 3.90. The Bertz CT molecular complexity index is 1090. The summed E-state index contributed by atoms with van der Waals surface area (Å²) >= 11 is 1.46. The van der Waals surface area contributed by atoms with Crippen LogP contribution in [0.5, 0.6) is 11.5 Å². The number of aromatic hydroxyl groups is 2. The van der Waals surface area contributed by atoms with E-state index < -0.39 is 0 Å². The third kappa shape index (κ3) is 4.41. The zero-order valence-corrected chi connectivity index (χ0v) is 17.0. The second kappa shape index (κ2) is 8.63. The molecule has 1 fully saturated rings. The average molecular weight is 410 g/mol. The van der Waals surface area contributed by atoms with Crippen molar-refractivity contribution in [2.75, 3.05) is 13.2 Å². The van der Waals surface area contributed by atoms with Crippen LogP contribution in [0.1, 0.15) is 24.0 Å². The van der Waals surface area contributed by atoms with E-state index in [2.05, 4.69) is 5.10 Å². The molecule has 6 nitrogen and oxygen atoms in total. The van der Waals surface area contributed by atoms with E-state index in [0.29, 0.717) is 17.8 Å². The molecule has 2 aromatic carbocycles. The van der Waals surface area contributed by atoms with Crippen molar-refractivity contribution in [1.29, 1.82) is 0 Å². The molecule has 1 saturated heterocycles. The second-order valence-corrected chi connectivity index (χ2v) is 7.83. The molecule has 0 saturated carbocycles. The quantitative estimate of drug-likeness (QED) is 0.627. The van der Waals surface area contributed by atoms with Gasteiger partial charge >= 0.3 is 0 Å². The molecule has 29 heavy (non-hydrogen) atoms. The van der Waals surface area contributed by atoms with Gasteiger partial charge in [0.1, 0.15) is 11.5 Å². The highest BCUT2D eigenvalue weighted by Crippen LogP contribution is 2.32. The van der Waals surface area contributed by atoms with Crippen molar-refractivity contribution in [3.63, 3.8) is 0 Å². The molecule has 1 unspecified atom stereocenters. The first kappa shape index (κ1) is 19.4. The second-order valence-electron chi connectivity index (χ2n) is 6.99. The van der Waals surface area contributed by atoms with Crippen molar-refractivity contribution in [2.45, 2.75) is 25.9 Å². The van der Waals surface area contributed by atoms with Crippen LogP contribution >= 0.6 is 11.3 Å². The Labute approximate surface area is 173 Å². The molecule has 4 rings (SSSR count). The molecule has 150 valence electrons. The fraction of sp³-hybridized carbons (Fsp3) is 0.273. The number of thiazole rings is 1.